The summed E-state index contributed by atoms with van der Waals surface area (Å²) in [6.07, 6.45) is -4.21. The molecule has 1 N–H and O–H groups in total. The molecule has 0 saturated heterocycles. The zero-order valence-electron chi connectivity index (χ0n) is 9.38. The average molecular weight is 231 g/mol. The molecule has 1 nitrogen and oxygen atoms in total. The molecule has 0 fully saturated rings. The van der Waals surface area contributed by atoms with Gasteiger partial charge in [-0.25, -0.2) is 0 Å². The molecule has 1 unspecified atom stereocenters. The third kappa shape index (κ3) is 3.85. The molecule has 0 radical (unpaired) electrons. The topological polar surface area (TPSA) is 12.0 Å². The fourth-order valence-electron chi connectivity index (χ4n) is 1.46. The van der Waals surface area contributed by atoms with Crippen LogP contribution in [0.3, 0.4) is 0 Å². The van der Waals surface area contributed by atoms with E-state index in [2.05, 4.69) is 5.32 Å². The normalized spacial score (nSPS) is 14.1. The number of halogens is 3. The van der Waals surface area contributed by atoms with Crippen molar-refractivity contribution in [3.8, 4) is 0 Å². The van der Waals surface area contributed by atoms with Crippen LogP contribution in [0.4, 0.5) is 13.2 Å². The first-order valence-electron chi connectivity index (χ1n) is 5.26. The minimum absolute atomic E-state index is 0.0496. The molecule has 1 aromatic rings. The third-order valence-electron chi connectivity index (χ3n) is 2.33. The van der Waals surface area contributed by atoms with Crippen molar-refractivity contribution in [2.24, 2.45) is 0 Å². The summed E-state index contributed by atoms with van der Waals surface area (Å²) in [5, 5.41) is 2.83. The summed E-state index contributed by atoms with van der Waals surface area (Å²) in [4.78, 5) is 0. The Kier molecular flexibility index (Phi) is 4.35. The summed E-state index contributed by atoms with van der Waals surface area (Å²) in [5.74, 6) is -1.43. The SMILES string of the molecule is CC(C)NCC(c1ccccc1)C(F)(F)F. The van der Waals surface area contributed by atoms with Crippen LogP contribution in [0.25, 0.3) is 0 Å². The van der Waals surface area contributed by atoms with Crippen LogP contribution in [-0.2, 0) is 0 Å². The monoisotopic (exact) mass is 231 g/mol. The van der Waals surface area contributed by atoms with Crippen molar-refractivity contribution in [1.82, 2.24) is 5.32 Å². The zero-order chi connectivity index (χ0) is 12.2. The summed E-state index contributed by atoms with van der Waals surface area (Å²) >= 11 is 0. The number of alkyl halides is 3. The molecule has 1 atom stereocenters. The van der Waals surface area contributed by atoms with E-state index in [1.807, 2.05) is 13.8 Å². The van der Waals surface area contributed by atoms with Crippen LogP contribution in [0.5, 0.6) is 0 Å². The predicted molar refractivity (Wildman–Crippen MR) is 58.4 cm³/mol. The van der Waals surface area contributed by atoms with E-state index < -0.39 is 12.1 Å². The Morgan fingerprint density at radius 2 is 1.69 bits per heavy atom. The fourth-order valence-corrected chi connectivity index (χ4v) is 1.46. The van der Waals surface area contributed by atoms with Crippen LogP contribution >= 0.6 is 0 Å². The van der Waals surface area contributed by atoms with Gasteiger partial charge in [-0.15, -0.1) is 0 Å². The van der Waals surface area contributed by atoms with Crippen LogP contribution in [0.2, 0.25) is 0 Å². The van der Waals surface area contributed by atoms with Crippen molar-refractivity contribution in [2.75, 3.05) is 6.54 Å². The van der Waals surface area contributed by atoms with Crippen LogP contribution in [0.1, 0.15) is 25.3 Å². The van der Waals surface area contributed by atoms with Gasteiger partial charge in [-0.05, 0) is 5.56 Å². The van der Waals surface area contributed by atoms with E-state index in [-0.39, 0.29) is 12.6 Å². The second kappa shape index (κ2) is 5.34. The second-order valence-corrected chi connectivity index (χ2v) is 4.07. The van der Waals surface area contributed by atoms with Crippen molar-refractivity contribution >= 4 is 0 Å². The Hall–Kier alpha value is -1.03. The van der Waals surface area contributed by atoms with Gasteiger partial charge in [0.15, 0.2) is 0 Å². The quantitative estimate of drug-likeness (QED) is 0.838. The van der Waals surface area contributed by atoms with Crippen molar-refractivity contribution in [3.05, 3.63) is 35.9 Å². The summed E-state index contributed by atoms with van der Waals surface area (Å²) in [5.41, 5.74) is 0.308. The van der Waals surface area contributed by atoms with E-state index >= 15 is 0 Å². The Morgan fingerprint density at radius 3 is 2.12 bits per heavy atom. The molecule has 0 spiro atoms. The van der Waals surface area contributed by atoms with Gasteiger partial charge < -0.3 is 5.32 Å². The van der Waals surface area contributed by atoms with E-state index in [0.717, 1.165) is 0 Å². The van der Waals surface area contributed by atoms with Crippen LogP contribution in [0.15, 0.2) is 30.3 Å². The largest absolute Gasteiger partial charge is 0.396 e. The lowest BCUT2D eigenvalue weighted by molar-refractivity contribution is -0.149. The summed E-state index contributed by atoms with van der Waals surface area (Å²) in [6, 6.07) is 8.05. The molecule has 0 saturated carbocycles. The lowest BCUT2D eigenvalue weighted by Gasteiger charge is -2.22. The van der Waals surface area contributed by atoms with Gasteiger partial charge >= 0.3 is 6.18 Å². The molecule has 0 aliphatic rings. The van der Waals surface area contributed by atoms with Crippen LogP contribution in [-0.4, -0.2) is 18.8 Å². The Bertz CT molecular complexity index is 306. The molecule has 0 aliphatic heterocycles. The highest BCUT2D eigenvalue weighted by molar-refractivity contribution is 5.21. The smallest absolute Gasteiger partial charge is 0.314 e. The fraction of sp³-hybridized carbons (Fsp3) is 0.500. The molecule has 1 rings (SSSR count). The summed E-state index contributed by atoms with van der Waals surface area (Å²) in [7, 11) is 0. The molecule has 0 aromatic heterocycles. The average Bonchev–Trinajstić information content (AvgIpc) is 2.17. The molecule has 1 aromatic carbocycles. The van der Waals surface area contributed by atoms with E-state index in [4.69, 9.17) is 0 Å². The van der Waals surface area contributed by atoms with Gasteiger partial charge in [0.05, 0.1) is 5.92 Å². The maximum atomic E-state index is 12.8. The molecule has 0 bridgehead atoms. The van der Waals surface area contributed by atoms with Gasteiger partial charge in [0, 0.05) is 12.6 Å². The Labute approximate surface area is 93.7 Å². The third-order valence-corrected chi connectivity index (χ3v) is 2.33. The first kappa shape index (κ1) is 13.0. The standard InChI is InChI=1S/C12H16F3N/c1-9(2)16-8-11(12(13,14)15)10-6-4-3-5-7-10/h3-7,9,11,16H,8H2,1-2H3. The van der Waals surface area contributed by atoms with Gasteiger partial charge in [0.25, 0.3) is 0 Å². The molecule has 4 heteroatoms. The molecule has 16 heavy (non-hydrogen) atoms. The van der Waals surface area contributed by atoms with Crippen molar-refractivity contribution < 1.29 is 13.2 Å². The highest BCUT2D eigenvalue weighted by Crippen LogP contribution is 2.34. The van der Waals surface area contributed by atoms with Gasteiger partial charge in [-0.2, -0.15) is 13.2 Å². The molecule has 0 amide bonds. The first-order chi connectivity index (χ1) is 7.41. The van der Waals surface area contributed by atoms with E-state index in [1.54, 1.807) is 18.2 Å². The number of nitrogens with one attached hydrogen (secondary N) is 1. The zero-order valence-corrected chi connectivity index (χ0v) is 9.38. The van der Waals surface area contributed by atoms with Gasteiger partial charge in [0.2, 0.25) is 0 Å². The highest BCUT2D eigenvalue weighted by atomic mass is 19.4. The first-order valence-corrected chi connectivity index (χ1v) is 5.26. The Morgan fingerprint density at radius 1 is 1.12 bits per heavy atom. The minimum atomic E-state index is -4.21. The minimum Gasteiger partial charge on any atom is -0.314 e. The van der Waals surface area contributed by atoms with Crippen molar-refractivity contribution in [1.29, 1.82) is 0 Å². The summed E-state index contributed by atoms with van der Waals surface area (Å²) < 4.78 is 38.4. The molecule has 90 valence electrons. The Balaban J connectivity index is 2.81. The van der Waals surface area contributed by atoms with Crippen molar-refractivity contribution in [2.45, 2.75) is 32.0 Å². The maximum Gasteiger partial charge on any atom is 0.396 e. The number of hydrogen-bond donors (Lipinski definition) is 1. The molecule has 0 heterocycles. The maximum absolute atomic E-state index is 12.8. The van der Waals surface area contributed by atoms with Crippen molar-refractivity contribution in [3.63, 3.8) is 0 Å². The van der Waals surface area contributed by atoms with Gasteiger partial charge in [-0.1, -0.05) is 44.2 Å². The molecule has 0 aliphatic carbocycles. The number of hydrogen-bond acceptors (Lipinski definition) is 1. The van der Waals surface area contributed by atoms with E-state index in [0.29, 0.717) is 5.56 Å². The van der Waals surface area contributed by atoms with Crippen LogP contribution < -0.4 is 5.32 Å². The second-order valence-electron chi connectivity index (χ2n) is 4.07. The molecular formula is C12H16F3N. The predicted octanol–water partition coefficient (Wildman–Crippen LogP) is 3.33. The highest BCUT2D eigenvalue weighted by Gasteiger charge is 2.40. The van der Waals surface area contributed by atoms with E-state index in [9.17, 15) is 13.2 Å². The van der Waals surface area contributed by atoms with E-state index in [1.165, 1.54) is 12.1 Å². The number of rotatable bonds is 4. The summed E-state index contributed by atoms with van der Waals surface area (Å²) in [6.45, 7) is 3.59. The van der Waals surface area contributed by atoms with Crippen LogP contribution in [0, 0.1) is 0 Å². The number of benzene rings is 1. The van der Waals surface area contributed by atoms with Gasteiger partial charge in [0.1, 0.15) is 0 Å². The lowest BCUT2D eigenvalue weighted by Crippen LogP contribution is -2.34. The van der Waals surface area contributed by atoms with Gasteiger partial charge in [-0.3, -0.25) is 0 Å². The molecular weight excluding hydrogens is 215 g/mol. The lowest BCUT2D eigenvalue weighted by atomic mass is 9.98.